The van der Waals surface area contributed by atoms with E-state index in [1.165, 1.54) is 10.9 Å². The van der Waals surface area contributed by atoms with Crippen LogP contribution in [-0.2, 0) is 34.7 Å². The molecule has 2 aromatic carbocycles. The third-order valence-corrected chi connectivity index (χ3v) is 11.6. The number of carbonyl (C=O) groups is 3. The second-order valence-electron chi connectivity index (χ2n) is 15.3. The largest absolute Gasteiger partial charge is 0.385 e. The molecule has 300 valence electrons. The van der Waals surface area contributed by atoms with E-state index in [2.05, 4.69) is 39.5 Å². The average Bonchev–Trinajstić information content (AvgIpc) is 3.84. The second kappa shape index (κ2) is 15.9. The summed E-state index contributed by atoms with van der Waals surface area (Å²) in [6, 6.07) is 16.8. The lowest BCUT2D eigenvalue weighted by atomic mass is 9.98. The fourth-order valence-electron chi connectivity index (χ4n) is 8.30. The predicted octanol–water partition coefficient (Wildman–Crippen LogP) is 4.93. The number of fused-ring (bicyclic) bond motifs is 3. The van der Waals surface area contributed by atoms with Crippen molar-refractivity contribution in [1.82, 2.24) is 34.5 Å². The Balaban J connectivity index is 0.859. The van der Waals surface area contributed by atoms with Gasteiger partial charge in [0.25, 0.3) is 11.5 Å². The number of anilines is 4. The molecule has 0 radical (unpaired) electrons. The Hall–Kier alpha value is -6.35. The Kier molecular flexibility index (Phi) is 10.6. The van der Waals surface area contributed by atoms with Crippen LogP contribution in [0, 0.1) is 0 Å². The highest BCUT2D eigenvalue weighted by Crippen LogP contribution is 2.38. The van der Waals surface area contributed by atoms with Gasteiger partial charge in [0.2, 0.25) is 17.8 Å². The third kappa shape index (κ3) is 7.21. The molecule has 0 spiro atoms. The molecule has 5 aromatic rings. The average molecular weight is 785 g/mol. The van der Waals surface area contributed by atoms with Crippen LogP contribution in [0.3, 0.4) is 0 Å². The van der Waals surface area contributed by atoms with Gasteiger partial charge in [-0.05, 0) is 93.0 Å². The van der Waals surface area contributed by atoms with Crippen molar-refractivity contribution in [3.05, 3.63) is 106 Å². The van der Waals surface area contributed by atoms with Gasteiger partial charge < -0.3 is 25.5 Å². The van der Waals surface area contributed by atoms with Crippen LogP contribution >= 0.6 is 0 Å². The molecular weight excluding hydrogens is 737 g/mol. The summed E-state index contributed by atoms with van der Waals surface area (Å²) < 4.78 is 3.22. The van der Waals surface area contributed by atoms with Crippen LogP contribution in [0.15, 0.2) is 78.2 Å². The number of nitrogens with zero attached hydrogens (tertiary/aromatic N) is 7. The number of benzene rings is 2. The molecule has 1 aliphatic carbocycles. The lowest BCUT2D eigenvalue weighted by molar-refractivity contribution is -0.136. The molecule has 58 heavy (non-hydrogen) atoms. The molecule has 3 aliphatic rings. The number of piperidine rings is 1. The van der Waals surface area contributed by atoms with Crippen molar-refractivity contribution in [3.8, 4) is 5.82 Å². The first kappa shape index (κ1) is 38.5. The van der Waals surface area contributed by atoms with Crippen molar-refractivity contribution < 1.29 is 19.5 Å². The summed E-state index contributed by atoms with van der Waals surface area (Å²) in [5.41, 5.74) is 5.06. The maximum absolute atomic E-state index is 13.5. The van der Waals surface area contributed by atoms with E-state index < -0.39 is 17.6 Å². The maximum Gasteiger partial charge on any atom is 0.278 e. The van der Waals surface area contributed by atoms with Gasteiger partial charge in [-0.3, -0.25) is 24.5 Å². The summed E-state index contributed by atoms with van der Waals surface area (Å²) in [7, 11) is 2.07. The monoisotopic (exact) mass is 784 g/mol. The van der Waals surface area contributed by atoms with Gasteiger partial charge in [0.1, 0.15) is 17.0 Å². The molecule has 1 fully saturated rings. The number of allylic oxidation sites excluding steroid dienone is 1. The highest BCUT2D eigenvalue weighted by atomic mass is 16.3. The van der Waals surface area contributed by atoms with Crippen LogP contribution in [0.5, 0.6) is 0 Å². The number of hydrogen-bond acceptors (Lipinski definition) is 11. The molecule has 15 nitrogen and oxygen atoms in total. The van der Waals surface area contributed by atoms with Crippen molar-refractivity contribution in [2.75, 3.05) is 35.7 Å². The Bertz CT molecular complexity index is 2480. The fourth-order valence-corrected chi connectivity index (χ4v) is 8.30. The van der Waals surface area contributed by atoms with E-state index in [1.807, 2.05) is 55.5 Å². The van der Waals surface area contributed by atoms with Crippen LogP contribution in [0.2, 0.25) is 0 Å². The molecule has 1 saturated heterocycles. The second-order valence-corrected chi connectivity index (χ2v) is 15.3. The lowest BCUT2D eigenvalue weighted by Gasteiger charge is -2.29. The molecule has 3 aromatic heterocycles. The molecule has 1 unspecified atom stereocenters. The fraction of sp³-hybridized carbons (Fsp3) is 0.372. The van der Waals surface area contributed by atoms with E-state index in [0.29, 0.717) is 59.9 Å². The minimum atomic E-state index is -1.00. The normalized spacial score (nSPS) is 18.6. The van der Waals surface area contributed by atoms with Crippen LogP contribution in [0.25, 0.3) is 16.9 Å². The quantitative estimate of drug-likeness (QED) is 0.0643. The van der Waals surface area contributed by atoms with Gasteiger partial charge in [-0.1, -0.05) is 25.1 Å². The van der Waals surface area contributed by atoms with E-state index in [9.17, 15) is 24.3 Å². The SMILES string of the molecule is C=CCn1c(=O)c2cnc(Nc3ccc(N(C)CCCCCNc4cccc5c4CN(C4CCC(=O)NC4=O)C5=O)cc3)nc2n1-c1ccc2c(n1)[C@@](O)(CC)CC2. The predicted molar refractivity (Wildman–Crippen MR) is 221 cm³/mol. The molecular formula is C43H48N10O5. The first-order valence-corrected chi connectivity index (χ1v) is 20.0. The van der Waals surface area contributed by atoms with Gasteiger partial charge in [-0.25, -0.2) is 19.3 Å². The van der Waals surface area contributed by atoms with E-state index in [-0.39, 0.29) is 30.3 Å². The zero-order valence-electron chi connectivity index (χ0n) is 32.8. The molecule has 15 heteroatoms. The molecule has 3 amide bonds. The number of aryl methyl sites for hydroxylation is 1. The number of hydrogen-bond donors (Lipinski definition) is 4. The number of rotatable bonds is 15. The highest BCUT2D eigenvalue weighted by Gasteiger charge is 2.40. The number of carbonyl (C=O) groups excluding carboxylic acids is 3. The molecule has 0 bridgehead atoms. The zero-order valence-corrected chi connectivity index (χ0v) is 32.8. The van der Waals surface area contributed by atoms with Gasteiger partial charge in [-0.2, -0.15) is 4.98 Å². The third-order valence-electron chi connectivity index (χ3n) is 11.6. The van der Waals surface area contributed by atoms with Crippen LogP contribution < -0.4 is 26.4 Å². The van der Waals surface area contributed by atoms with Crippen molar-refractivity contribution in [2.45, 2.75) is 83.0 Å². The summed E-state index contributed by atoms with van der Waals surface area (Å²) in [5.74, 6) is -0.0540. The van der Waals surface area contributed by atoms with Crippen molar-refractivity contribution in [2.24, 2.45) is 0 Å². The summed E-state index contributed by atoms with van der Waals surface area (Å²) >= 11 is 0. The Labute approximate surface area is 335 Å². The van der Waals surface area contributed by atoms with Gasteiger partial charge in [0, 0.05) is 67.5 Å². The van der Waals surface area contributed by atoms with Crippen molar-refractivity contribution in [3.63, 3.8) is 0 Å². The van der Waals surface area contributed by atoms with E-state index in [1.54, 1.807) is 21.7 Å². The molecule has 4 N–H and O–H groups in total. The van der Waals surface area contributed by atoms with Gasteiger partial charge in [0.15, 0.2) is 11.5 Å². The number of aliphatic hydroxyl groups is 1. The van der Waals surface area contributed by atoms with E-state index >= 15 is 0 Å². The number of imide groups is 1. The summed E-state index contributed by atoms with van der Waals surface area (Å²) in [6.45, 7) is 8.00. The van der Waals surface area contributed by atoms with Crippen molar-refractivity contribution in [1.29, 1.82) is 0 Å². The number of pyridine rings is 1. The molecule has 0 saturated carbocycles. The molecule has 2 aliphatic heterocycles. The van der Waals surface area contributed by atoms with Crippen molar-refractivity contribution >= 4 is 51.8 Å². The summed E-state index contributed by atoms with van der Waals surface area (Å²) in [4.78, 5) is 68.6. The topological polar surface area (TPSA) is 180 Å². The first-order valence-electron chi connectivity index (χ1n) is 20.0. The number of nitrogens with one attached hydrogen (secondary N) is 3. The van der Waals surface area contributed by atoms with Crippen LogP contribution in [0.1, 0.15) is 79.0 Å². The highest BCUT2D eigenvalue weighted by molar-refractivity contribution is 6.06. The van der Waals surface area contributed by atoms with E-state index in [0.717, 1.165) is 67.0 Å². The Morgan fingerprint density at radius 1 is 1.03 bits per heavy atom. The van der Waals surface area contributed by atoms with Gasteiger partial charge in [0.05, 0.1) is 12.2 Å². The summed E-state index contributed by atoms with van der Waals surface area (Å²) in [5, 5.41) is 20.7. The Morgan fingerprint density at radius 2 is 1.86 bits per heavy atom. The standard InChI is InChI=1S/C43H48N10O5/c1-4-23-52-41(57)31-25-45-42(49-38(31)53(52)35-18-12-27-20-21-43(58,5-2)37(27)47-35)46-28-13-15-29(16-14-28)50(3)24-8-6-7-22-44-33-11-9-10-30-32(33)26-51(40(30)56)34-17-19-36(54)48-39(34)55/h4,9-16,18,25,34,44,58H,1,5-8,17,19-24,26H2,2-3H3,(H,45,46,49)(H,48,54,55)/t34?,43-/m1/s1. The number of amides is 3. The number of aromatic nitrogens is 5. The minimum Gasteiger partial charge on any atom is -0.385 e. The summed E-state index contributed by atoms with van der Waals surface area (Å²) in [6.07, 6.45) is 8.61. The Morgan fingerprint density at radius 3 is 2.64 bits per heavy atom. The molecule has 5 heterocycles. The van der Waals surface area contributed by atoms with Gasteiger partial charge in [-0.15, -0.1) is 6.58 Å². The molecule has 2 atom stereocenters. The lowest BCUT2D eigenvalue weighted by Crippen LogP contribution is -2.52. The number of unbranched alkanes of at least 4 members (excludes halogenated alkanes) is 2. The van der Waals surface area contributed by atoms with Crippen LogP contribution in [-0.4, -0.2) is 78.2 Å². The maximum atomic E-state index is 13.5. The zero-order chi connectivity index (χ0) is 40.6. The van der Waals surface area contributed by atoms with E-state index in [4.69, 9.17) is 9.97 Å². The van der Waals surface area contributed by atoms with Gasteiger partial charge >= 0.3 is 0 Å². The first-order chi connectivity index (χ1) is 28.1. The smallest absolute Gasteiger partial charge is 0.278 e. The minimum absolute atomic E-state index is 0.173. The molecule has 8 rings (SSSR count). The van der Waals surface area contributed by atoms with Crippen LogP contribution in [0.4, 0.5) is 23.0 Å².